The fraction of sp³-hybridized carbons (Fsp3) is 0.571. The molecule has 1 heterocycles. The lowest BCUT2D eigenvalue weighted by Gasteiger charge is -2.19. The maximum atomic E-state index is 12.2. The Bertz CT molecular complexity index is 570. The SMILES string of the molecule is CC1(C)CCN(S(=O)(=O)CCOc2ccccc2N)C1. The van der Waals surface area contributed by atoms with Crippen LogP contribution in [0.15, 0.2) is 24.3 Å². The number of sulfonamides is 1. The molecule has 1 saturated heterocycles. The molecule has 1 aliphatic heterocycles. The van der Waals surface area contributed by atoms with Crippen LogP contribution < -0.4 is 10.5 Å². The van der Waals surface area contributed by atoms with Gasteiger partial charge in [0.15, 0.2) is 0 Å². The molecule has 1 aromatic carbocycles. The fourth-order valence-corrected chi connectivity index (χ4v) is 3.77. The van der Waals surface area contributed by atoms with Gasteiger partial charge in [0, 0.05) is 13.1 Å². The van der Waals surface area contributed by atoms with E-state index >= 15 is 0 Å². The molecule has 0 radical (unpaired) electrons. The molecule has 6 heteroatoms. The Kier molecular flexibility index (Phi) is 4.25. The van der Waals surface area contributed by atoms with Crippen molar-refractivity contribution in [2.75, 3.05) is 31.2 Å². The molecule has 5 nitrogen and oxygen atoms in total. The number of anilines is 1. The molecule has 112 valence electrons. The molecule has 0 spiro atoms. The van der Waals surface area contributed by atoms with Crippen molar-refractivity contribution in [3.8, 4) is 5.75 Å². The van der Waals surface area contributed by atoms with Gasteiger partial charge in [-0.3, -0.25) is 0 Å². The van der Waals surface area contributed by atoms with Crippen molar-refractivity contribution in [3.63, 3.8) is 0 Å². The van der Waals surface area contributed by atoms with E-state index in [0.717, 1.165) is 6.42 Å². The standard InChI is InChI=1S/C14H22N2O3S/c1-14(2)7-8-16(11-14)20(17,18)10-9-19-13-6-4-3-5-12(13)15/h3-6H,7-11,15H2,1-2H3. The van der Waals surface area contributed by atoms with E-state index in [-0.39, 0.29) is 17.8 Å². The summed E-state index contributed by atoms with van der Waals surface area (Å²) in [6.07, 6.45) is 0.902. The number of hydrogen-bond acceptors (Lipinski definition) is 4. The first kappa shape index (κ1) is 15.1. The maximum absolute atomic E-state index is 12.2. The molecule has 0 unspecified atom stereocenters. The average molecular weight is 298 g/mol. The first-order valence-electron chi connectivity index (χ1n) is 6.75. The minimum Gasteiger partial charge on any atom is -0.490 e. The Morgan fingerprint density at radius 1 is 1.35 bits per heavy atom. The zero-order valence-electron chi connectivity index (χ0n) is 12.0. The van der Waals surface area contributed by atoms with E-state index in [1.807, 2.05) is 12.1 Å². The van der Waals surface area contributed by atoms with E-state index in [4.69, 9.17) is 10.5 Å². The van der Waals surface area contributed by atoms with Crippen molar-refractivity contribution in [1.29, 1.82) is 0 Å². The smallest absolute Gasteiger partial charge is 0.217 e. The monoisotopic (exact) mass is 298 g/mol. The van der Waals surface area contributed by atoms with E-state index in [1.54, 1.807) is 16.4 Å². The number of para-hydroxylation sites is 2. The Balaban J connectivity index is 1.89. The van der Waals surface area contributed by atoms with E-state index in [2.05, 4.69) is 13.8 Å². The third-order valence-corrected chi connectivity index (χ3v) is 5.33. The van der Waals surface area contributed by atoms with Gasteiger partial charge in [-0.2, -0.15) is 0 Å². The number of benzene rings is 1. The molecule has 1 fully saturated rings. The van der Waals surface area contributed by atoms with Gasteiger partial charge in [0.2, 0.25) is 10.0 Å². The largest absolute Gasteiger partial charge is 0.490 e. The minimum absolute atomic E-state index is 0.0165. The number of nitrogens with two attached hydrogens (primary N) is 1. The molecular weight excluding hydrogens is 276 g/mol. The van der Waals surface area contributed by atoms with E-state index < -0.39 is 10.0 Å². The van der Waals surface area contributed by atoms with Gasteiger partial charge in [-0.15, -0.1) is 0 Å². The van der Waals surface area contributed by atoms with Crippen LogP contribution in [-0.4, -0.2) is 38.2 Å². The molecule has 0 aliphatic carbocycles. The van der Waals surface area contributed by atoms with Crippen LogP contribution in [0.2, 0.25) is 0 Å². The Morgan fingerprint density at radius 2 is 2.05 bits per heavy atom. The summed E-state index contributed by atoms with van der Waals surface area (Å²) in [5.41, 5.74) is 6.33. The maximum Gasteiger partial charge on any atom is 0.217 e. The van der Waals surface area contributed by atoms with Gasteiger partial charge >= 0.3 is 0 Å². The van der Waals surface area contributed by atoms with Crippen LogP contribution in [0, 0.1) is 5.41 Å². The fourth-order valence-electron chi connectivity index (χ4n) is 2.30. The van der Waals surface area contributed by atoms with Gasteiger partial charge in [-0.05, 0) is 24.0 Å². The second-order valence-corrected chi connectivity index (χ2v) is 8.04. The second-order valence-electron chi connectivity index (χ2n) is 5.95. The van der Waals surface area contributed by atoms with Gasteiger partial charge in [-0.1, -0.05) is 26.0 Å². The van der Waals surface area contributed by atoms with Crippen molar-refractivity contribution < 1.29 is 13.2 Å². The molecule has 2 rings (SSSR count). The lowest BCUT2D eigenvalue weighted by molar-refractivity contribution is 0.335. The summed E-state index contributed by atoms with van der Waals surface area (Å²) in [6, 6.07) is 7.09. The molecule has 1 aromatic rings. The second kappa shape index (κ2) is 5.61. The highest BCUT2D eigenvalue weighted by Crippen LogP contribution is 2.30. The highest BCUT2D eigenvalue weighted by atomic mass is 32.2. The summed E-state index contributed by atoms with van der Waals surface area (Å²) >= 11 is 0. The van der Waals surface area contributed by atoms with Gasteiger partial charge in [-0.25, -0.2) is 12.7 Å². The molecule has 2 N–H and O–H groups in total. The zero-order chi connectivity index (χ0) is 14.8. The van der Waals surface area contributed by atoms with E-state index in [9.17, 15) is 8.42 Å². The average Bonchev–Trinajstić information content (AvgIpc) is 2.73. The molecule has 0 aromatic heterocycles. The molecule has 0 saturated carbocycles. The Morgan fingerprint density at radius 3 is 2.65 bits per heavy atom. The van der Waals surface area contributed by atoms with Crippen LogP contribution in [0.25, 0.3) is 0 Å². The summed E-state index contributed by atoms with van der Waals surface area (Å²) in [5.74, 6) is 0.515. The molecule has 0 amide bonds. The van der Waals surface area contributed by atoms with E-state index in [0.29, 0.717) is 24.5 Å². The summed E-state index contributed by atoms with van der Waals surface area (Å²) in [5, 5.41) is 0. The van der Waals surface area contributed by atoms with Crippen LogP contribution >= 0.6 is 0 Å². The predicted octanol–water partition coefficient (Wildman–Crippen LogP) is 1.71. The number of nitrogen functional groups attached to an aromatic ring is 1. The minimum atomic E-state index is -3.25. The van der Waals surface area contributed by atoms with Crippen LogP contribution in [-0.2, 0) is 10.0 Å². The number of nitrogens with zero attached hydrogens (tertiary/aromatic N) is 1. The Labute approximate surface area is 120 Å². The van der Waals surface area contributed by atoms with Crippen molar-refractivity contribution in [2.45, 2.75) is 20.3 Å². The summed E-state index contributed by atoms with van der Waals surface area (Å²) < 4.78 is 31.4. The van der Waals surface area contributed by atoms with Crippen molar-refractivity contribution in [2.24, 2.45) is 5.41 Å². The van der Waals surface area contributed by atoms with Gasteiger partial charge < -0.3 is 10.5 Å². The van der Waals surface area contributed by atoms with Crippen molar-refractivity contribution in [3.05, 3.63) is 24.3 Å². The van der Waals surface area contributed by atoms with Gasteiger partial charge in [0.1, 0.15) is 12.4 Å². The van der Waals surface area contributed by atoms with Crippen LogP contribution in [0.3, 0.4) is 0 Å². The quantitative estimate of drug-likeness (QED) is 0.840. The summed E-state index contributed by atoms with van der Waals surface area (Å²) in [7, 11) is -3.25. The first-order chi connectivity index (χ1) is 9.30. The van der Waals surface area contributed by atoms with Crippen LogP contribution in [0.1, 0.15) is 20.3 Å². The molecule has 0 atom stereocenters. The highest BCUT2D eigenvalue weighted by Gasteiger charge is 2.35. The first-order valence-corrected chi connectivity index (χ1v) is 8.36. The normalized spacial score (nSPS) is 19.1. The zero-order valence-corrected chi connectivity index (χ0v) is 12.8. The topological polar surface area (TPSA) is 72.6 Å². The molecular formula is C14H22N2O3S. The third kappa shape index (κ3) is 3.64. The highest BCUT2D eigenvalue weighted by molar-refractivity contribution is 7.89. The lowest BCUT2D eigenvalue weighted by Crippen LogP contribution is -2.34. The number of rotatable bonds is 5. The lowest BCUT2D eigenvalue weighted by atomic mass is 9.93. The van der Waals surface area contributed by atoms with Gasteiger partial charge in [0.25, 0.3) is 0 Å². The molecule has 20 heavy (non-hydrogen) atoms. The summed E-state index contributed by atoms with van der Waals surface area (Å²) in [4.78, 5) is 0. The summed E-state index contributed by atoms with van der Waals surface area (Å²) in [6.45, 7) is 5.48. The third-order valence-electron chi connectivity index (χ3n) is 3.55. The molecule has 0 bridgehead atoms. The predicted molar refractivity (Wildman–Crippen MR) is 80.1 cm³/mol. The van der Waals surface area contributed by atoms with Crippen LogP contribution in [0.4, 0.5) is 5.69 Å². The number of ether oxygens (including phenoxy) is 1. The number of hydrogen-bond donors (Lipinski definition) is 1. The van der Waals surface area contributed by atoms with Gasteiger partial charge in [0.05, 0.1) is 11.4 Å². The van der Waals surface area contributed by atoms with Crippen LogP contribution in [0.5, 0.6) is 5.75 Å². The van der Waals surface area contributed by atoms with Crippen molar-refractivity contribution in [1.82, 2.24) is 4.31 Å². The van der Waals surface area contributed by atoms with Crippen molar-refractivity contribution >= 4 is 15.7 Å². The Hall–Kier alpha value is -1.27. The molecule has 1 aliphatic rings. The van der Waals surface area contributed by atoms with E-state index in [1.165, 1.54) is 0 Å².